The molecule has 0 amide bonds. The lowest BCUT2D eigenvalue weighted by molar-refractivity contribution is -0.142. The zero-order valence-corrected chi connectivity index (χ0v) is 11.3. The molecule has 0 fully saturated rings. The highest BCUT2D eigenvalue weighted by molar-refractivity contribution is 5.70. The third-order valence-corrected chi connectivity index (χ3v) is 2.97. The Labute approximate surface area is 113 Å². The van der Waals surface area contributed by atoms with Crippen LogP contribution in [0.4, 0.5) is 0 Å². The van der Waals surface area contributed by atoms with Crippen LogP contribution in [0.25, 0.3) is 0 Å². The zero-order valence-electron chi connectivity index (χ0n) is 11.3. The minimum absolute atomic E-state index is 0.0333. The van der Waals surface area contributed by atoms with E-state index >= 15 is 0 Å². The molecule has 0 spiro atoms. The summed E-state index contributed by atoms with van der Waals surface area (Å²) in [6.07, 6.45) is 0.625. The summed E-state index contributed by atoms with van der Waals surface area (Å²) in [6, 6.07) is 7.33. The van der Waals surface area contributed by atoms with Gasteiger partial charge in [-0.3, -0.25) is 0 Å². The molecule has 0 radical (unpaired) electrons. The summed E-state index contributed by atoms with van der Waals surface area (Å²) in [5, 5.41) is 9.04. The lowest BCUT2D eigenvalue weighted by Gasteiger charge is -2.20. The number of ether oxygens (including phenoxy) is 2. The maximum Gasteiger partial charge on any atom is 0.343 e. The van der Waals surface area contributed by atoms with Gasteiger partial charge in [-0.05, 0) is 31.0 Å². The SMILES string of the molecule is COC(=O)COc1ccc(C(CCO)C(C)N)cc1. The van der Waals surface area contributed by atoms with Crippen molar-refractivity contribution >= 4 is 5.97 Å². The van der Waals surface area contributed by atoms with Gasteiger partial charge in [0.25, 0.3) is 0 Å². The van der Waals surface area contributed by atoms with E-state index in [-0.39, 0.29) is 25.2 Å². The highest BCUT2D eigenvalue weighted by Crippen LogP contribution is 2.24. The lowest BCUT2D eigenvalue weighted by atomic mass is 9.90. The van der Waals surface area contributed by atoms with E-state index in [1.165, 1.54) is 7.11 Å². The lowest BCUT2D eigenvalue weighted by Crippen LogP contribution is -2.25. The van der Waals surface area contributed by atoms with Crippen molar-refractivity contribution in [2.45, 2.75) is 25.3 Å². The van der Waals surface area contributed by atoms with E-state index in [0.717, 1.165) is 5.56 Å². The maximum atomic E-state index is 10.9. The number of nitrogens with two attached hydrogens (primary N) is 1. The van der Waals surface area contributed by atoms with Crippen LogP contribution in [0.2, 0.25) is 0 Å². The molecule has 0 aliphatic rings. The summed E-state index contributed by atoms with van der Waals surface area (Å²) in [4.78, 5) is 10.9. The first kappa shape index (κ1) is 15.5. The van der Waals surface area contributed by atoms with E-state index in [1.54, 1.807) is 12.1 Å². The first-order valence-corrected chi connectivity index (χ1v) is 6.24. The maximum absolute atomic E-state index is 10.9. The Hall–Kier alpha value is -1.59. The summed E-state index contributed by atoms with van der Waals surface area (Å²) in [6.45, 7) is 1.91. The van der Waals surface area contributed by atoms with Crippen LogP contribution < -0.4 is 10.5 Å². The van der Waals surface area contributed by atoms with Gasteiger partial charge in [0, 0.05) is 18.6 Å². The Kier molecular flexibility index (Phi) is 6.32. The molecule has 3 N–H and O–H groups in total. The molecule has 0 heterocycles. The minimum atomic E-state index is -0.419. The van der Waals surface area contributed by atoms with Gasteiger partial charge in [-0.1, -0.05) is 12.1 Å². The third kappa shape index (κ3) is 4.89. The van der Waals surface area contributed by atoms with Crippen molar-refractivity contribution in [3.05, 3.63) is 29.8 Å². The molecule has 5 heteroatoms. The first-order chi connectivity index (χ1) is 9.08. The van der Waals surface area contributed by atoms with Crippen LogP contribution in [0.1, 0.15) is 24.8 Å². The van der Waals surface area contributed by atoms with Crippen molar-refractivity contribution in [3.63, 3.8) is 0 Å². The summed E-state index contributed by atoms with van der Waals surface area (Å²) in [5.41, 5.74) is 6.96. The van der Waals surface area contributed by atoms with Crippen molar-refractivity contribution < 1.29 is 19.4 Å². The number of carbonyl (C=O) groups is 1. The van der Waals surface area contributed by atoms with Crippen molar-refractivity contribution in [2.75, 3.05) is 20.3 Å². The first-order valence-electron chi connectivity index (χ1n) is 6.24. The minimum Gasteiger partial charge on any atom is -0.482 e. The van der Waals surface area contributed by atoms with Gasteiger partial charge >= 0.3 is 5.97 Å². The predicted molar refractivity (Wildman–Crippen MR) is 72.0 cm³/mol. The Morgan fingerprint density at radius 3 is 2.47 bits per heavy atom. The van der Waals surface area contributed by atoms with Crippen LogP contribution in [-0.4, -0.2) is 37.4 Å². The Balaban J connectivity index is 2.66. The number of benzene rings is 1. The van der Waals surface area contributed by atoms with Gasteiger partial charge in [0.2, 0.25) is 0 Å². The summed E-state index contributed by atoms with van der Waals surface area (Å²) < 4.78 is 9.75. The summed E-state index contributed by atoms with van der Waals surface area (Å²) >= 11 is 0. The standard InChI is InChI=1S/C14H21NO4/c1-10(15)13(7-8-16)11-3-5-12(6-4-11)19-9-14(17)18-2/h3-6,10,13,16H,7-9,15H2,1-2H3. The van der Waals surface area contributed by atoms with Gasteiger partial charge in [-0.15, -0.1) is 0 Å². The molecule has 19 heavy (non-hydrogen) atoms. The number of esters is 1. The van der Waals surface area contributed by atoms with Crippen molar-refractivity contribution in [1.82, 2.24) is 0 Å². The molecule has 1 aromatic rings. The molecule has 106 valence electrons. The number of aliphatic hydroxyl groups excluding tert-OH is 1. The highest BCUT2D eigenvalue weighted by Gasteiger charge is 2.15. The Morgan fingerprint density at radius 1 is 1.37 bits per heavy atom. The van der Waals surface area contributed by atoms with Crippen LogP contribution >= 0.6 is 0 Å². The van der Waals surface area contributed by atoms with Gasteiger partial charge in [0.15, 0.2) is 6.61 Å². The highest BCUT2D eigenvalue weighted by atomic mass is 16.6. The van der Waals surface area contributed by atoms with Gasteiger partial charge < -0.3 is 20.3 Å². The van der Waals surface area contributed by atoms with Crippen LogP contribution in [-0.2, 0) is 9.53 Å². The number of rotatable bonds is 7. The summed E-state index contributed by atoms with van der Waals surface area (Å²) in [7, 11) is 1.32. The monoisotopic (exact) mass is 267 g/mol. The number of aliphatic hydroxyl groups is 1. The van der Waals surface area contributed by atoms with Crippen LogP contribution in [0.15, 0.2) is 24.3 Å². The zero-order chi connectivity index (χ0) is 14.3. The molecule has 0 aliphatic heterocycles. The van der Waals surface area contributed by atoms with Crippen molar-refractivity contribution in [1.29, 1.82) is 0 Å². The van der Waals surface area contributed by atoms with E-state index < -0.39 is 5.97 Å². The fourth-order valence-electron chi connectivity index (χ4n) is 1.88. The third-order valence-electron chi connectivity index (χ3n) is 2.97. The van der Waals surface area contributed by atoms with Crippen LogP contribution in [0.5, 0.6) is 5.75 Å². The van der Waals surface area contributed by atoms with Gasteiger partial charge in [-0.25, -0.2) is 4.79 Å². The second kappa shape index (κ2) is 7.76. The van der Waals surface area contributed by atoms with E-state index in [0.29, 0.717) is 12.2 Å². The van der Waals surface area contributed by atoms with Gasteiger partial charge in [0.1, 0.15) is 5.75 Å². The van der Waals surface area contributed by atoms with E-state index in [1.807, 2.05) is 19.1 Å². The van der Waals surface area contributed by atoms with E-state index in [2.05, 4.69) is 4.74 Å². The molecule has 1 rings (SSSR count). The van der Waals surface area contributed by atoms with Crippen LogP contribution in [0, 0.1) is 0 Å². The molecule has 1 aromatic carbocycles. The number of methoxy groups -OCH3 is 1. The molecule has 0 saturated heterocycles. The van der Waals surface area contributed by atoms with Crippen molar-refractivity contribution in [3.8, 4) is 5.75 Å². The average Bonchev–Trinajstić information content (AvgIpc) is 2.42. The largest absolute Gasteiger partial charge is 0.482 e. The second-order valence-corrected chi connectivity index (χ2v) is 4.41. The Bertz CT molecular complexity index is 389. The molecule has 2 atom stereocenters. The molecule has 0 saturated carbocycles. The topological polar surface area (TPSA) is 81.8 Å². The number of carbonyl (C=O) groups excluding carboxylic acids is 1. The number of hydrogen-bond donors (Lipinski definition) is 2. The average molecular weight is 267 g/mol. The van der Waals surface area contributed by atoms with Crippen molar-refractivity contribution in [2.24, 2.45) is 5.73 Å². The fraction of sp³-hybridized carbons (Fsp3) is 0.500. The van der Waals surface area contributed by atoms with Gasteiger partial charge in [-0.2, -0.15) is 0 Å². The molecular formula is C14H21NO4. The fourth-order valence-corrected chi connectivity index (χ4v) is 1.88. The normalized spacial score (nSPS) is 13.7. The number of hydrogen-bond acceptors (Lipinski definition) is 5. The molecule has 0 bridgehead atoms. The van der Waals surface area contributed by atoms with E-state index in [4.69, 9.17) is 15.6 Å². The van der Waals surface area contributed by atoms with Crippen LogP contribution in [0.3, 0.4) is 0 Å². The molecular weight excluding hydrogens is 246 g/mol. The molecule has 0 aromatic heterocycles. The summed E-state index contributed by atoms with van der Waals surface area (Å²) in [5.74, 6) is 0.291. The molecule has 2 unspecified atom stereocenters. The smallest absolute Gasteiger partial charge is 0.343 e. The quantitative estimate of drug-likeness (QED) is 0.722. The molecule has 0 aliphatic carbocycles. The second-order valence-electron chi connectivity index (χ2n) is 4.41. The Morgan fingerprint density at radius 2 is 2.00 bits per heavy atom. The predicted octanol–water partition coefficient (Wildman–Crippen LogP) is 1.05. The molecule has 5 nitrogen and oxygen atoms in total. The van der Waals surface area contributed by atoms with E-state index in [9.17, 15) is 4.79 Å². The van der Waals surface area contributed by atoms with Gasteiger partial charge in [0.05, 0.1) is 7.11 Å².